The maximum absolute atomic E-state index is 2.46. The molecule has 0 aromatic carbocycles. The van der Waals surface area contributed by atoms with Crippen molar-refractivity contribution in [2.75, 3.05) is 0 Å². The predicted octanol–water partition coefficient (Wildman–Crippen LogP) is 8.99. The molecule has 0 saturated heterocycles. The molecular formula is C25H52. The average Bonchev–Trinajstić information content (AvgIpc) is 2.53. The van der Waals surface area contributed by atoms with Crippen LogP contribution in [0, 0.1) is 41.4 Å². The van der Waals surface area contributed by atoms with Crippen LogP contribution in [0.15, 0.2) is 0 Å². The molecule has 0 heterocycles. The highest BCUT2D eigenvalue weighted by molar-refractivity contribution is 4.81. The second kappa shape index (κ2) is 14.1. The summed E-state index contributed by atoms with van der Waals surface area (Å²) in [6, 6.07) is 0. The van der Waals surface area contributed by atoms with Gasteiger partial charge in [0.2, 0.25) is 0 Å². The standard InChI is InChI=1S/C13H26.C9H18.C3H8/c1-5-7-12-9-6-8-11(4)13(12)10(2)3;1-7-4-5-8(2)9(3)6-7;1-3-2/h10-13H,5-9H2,1-4H3;7-9H,4-6H2,1-3H3;3H2,1-2H3. The molecule has 0 N–H and O–H groups in total. The molecule has 0 aliphatic heterocycles. The van der Waals surface area contributed by atoms with Crippen LogP contribution < -0.4 is 0 Å². The first-order valence-electron chi connectivity index (χ1n) is 11.8. The van der Waals surface area contributed by atoms with Gasteiger partial charge in [0.05, 0.1) is 0 Å². The minimum atomic E-state index is 0.895. The van der Waals surface area contributed by atoms with Crippen LogP contribution in [-0.4, -0.2) is 0 Å². The Morgan fingerprint density at radius 2 is 1.36 bits per heavy atom. The molecule has 6 atom stereocenters. The van der Waals surface area contributed by atoms with Crippen LogP contribution in [0.5, 0.6) is 0 Å². The van der Waals surface area contributed by atoms with Gasteiger partial charge in [-0.15, -0.1) is 0 Å². The molecule has 0 aromatic heterocycles. The Hall–Kier alpha value is 0. The molecule has 2 saturated carbocycles. The third kappa shape index (κ3) is 10.0. The molecule has 152 valence electrons. The van der Waals surface area contributed by atoms with Crippen LogP contribution in [-0.2, 0) is 0 Å². The van der Waals surface area contributed by atoms with E-state index in [4.69, 9.17) is 0 Å². The summed E-state index contributed by atoms with van der Waals surface area (Å²) in [6.45, 7) is 21.0. The van der Waals surface area contributed by atoms with Crippen LogP contribution in [0.2, 0.25) is 0 Å². The van der Waals surface area contributed by atoms with Gasteiger partial charge >= 0.3 is 0 Å². The van der Waals surface area contributed by atoms with E-state index >= 15 is 0 Å². The van der Waals surface area contributed by atoms with Crippen LogP contribution in [0.3, 0.4) is 0 Å². The van der Waals surface area contributed by atoms with Crippen LogP contribution in [0.4, 0.5) is 0 Å². The Balaban J connectivity index is 0.000000417. The molecule has 0 radical (unpaired) electrons. The van der Waals surface area contributed by atoms with Crippen LogP contribution in [0.1, 0.15) is 120 Å². The lowest BCUT2D eigenvalue weighted by Gasteiger charge is -2.39. The van der Waals surface area contributed by atoms with Crippen LogP contribution >= 0.6 is 0 Å². The topological polar surface area (TPSA) is 0 Å². The number of rotatable bonds is 3. The molecule has 6 unspecified atom stereocenters. The molecule has 0 heteroatoms. The van der Waals surface area contributed by atoms with Gasteiger partial charge in [-0.2, -0.15) is 0 Å². The van der Waals surface area contributed by atoms with E-state index in [-0.39, 0.29) is 0 Å². The lowest BCUT2D eigenvalue weighted by molar-refractivity contribution is 0.109. The molecular weight excluding hydrogens is 300 g/mol. The zero-order chi connectivity index (χ0) is 19.4. The lowest BCUT2D eigenvalue weighted by Crippen LogP contribution is -2.30. The Bertz CT molecular complexity index is 290. The molecule has 2 aliphatic rings. The quantitative estimate of drug-likeness (QED) is 0.475. The Morgan fingerprint density at radius 3 is 1.80 bits per heavy atom. The number of hydrogen-bond acceptors (Lipinski definition) is 0. The van der Waals surface area contributed by atoms with E-state index < -0.39 is 0 Å². The van der Waals surface area contributed by atoms with Gasteiger partial charge in [0.15, 0.2) is 0 Å². The van der Waals surface area contributed by atoms with E-state index in [0.717, 1.165) is 41.4 Å². The minimum absolute atomic E-state index is 0.895. The second-order valence-corrected chi connectivity index (χ2v) is 9.86. The van der Waals surface area contributed by atoms with Gasteiger partial charge in [-0.05, 0) is 47.8 Å². The molecule has 0 bridgehead atoms. The highest BCUT2D eigenvalue weighted by Gasteiger charge is 2.31. The van der Waals surface area contributed by atoms with Crippen molar-refractivity contribution in [2.24, 2.45) is 41.4 Å². The van der Waals surface area contributed by atoms with Crippen molar-refractivity contribution in [3.63, 3.8) is 0 Å². The van der Waals surface area contributed by atoms with Gasteiger partial charge in [0.1, 0.15) is 0 Å². The van der Waals surface area contributed by atoms with E-state index in [1.165, 1.54) is 57.8 Å². The Labute approximate surface area is 161 Å². The van der Waals surface area contributed by atoms with Crippen molar-refractivity contribution in [2.45, 2.75) is 120 Å². The van der Waals surface area contributed by atoms with Gasteiger partial charge in [-0.3, -0.25) is 0 Å². The molecule has 2 aliphatic carbocycles. The minimum Gasteiger partial charge on any atom is -0.0656 e. The summed E-state index contributed by atoms with van der Waals surface area (Å²) in [5.74, 6) is 6.88. The summed E-state index contributed by atoms with van der Waals surface area (Å²) >= 11 is 0. The summed E-state index contributed by atoms with van der Waals surface area (Å²) in [7, 11) is 0. The second-order valence-electron chi connectivity index (χ2n) is 9.86. The molecule has 0 spiro atoms. The first kappa shape index (κ1) is 25.0. The van der Waals surface area contributed by atoms with Gasteiger partial charge in [-0.1, -0.05) is 114 Å². The van der Waals surface area contributed by atoms with Crippen molar-refractivity contribution in [1.29, 1.82) is 0 Å². The van der Waals surface area contributed by atoms with Crippen molar-refractivity contribution < 1.29 is 0 Å². The molecule has 2 rings (SSSR count). The van der Waals surface area contributed by atoms with E-state index in [2.05, 4.69) is 62.3 Å². The average molecular weight is 353 g/mol. The monoisotopic (exact) mass is 352 g/mol. The van der Waals surface area contributed by atoms with Crippen molar-refractivity contribution in [3.05, 3.63) is 0 Å². The van der Waals surface area contributed by atoms with Crippen molar-refractivity contribution in [3.8, 4) is 0 Å². The summed E-state index contributed by atoms with van der Waals surface area (Å²) in [5, 5.41) is 0. The maximum Gasteiger partial charge on any atom is -0.0337 e. The van der Waals surface area contributed by atoms with Gasteiger partial charge in [0, 0.05) is 0 Å². The third-order valence-corrected chi connectivity index (χ3v) is 6.73. The molecule has 25 heavy (non-hydrogen) atoms. The summed E-state index contributed by atoms with van der Waals surface area (Å²) in [4.78, 5) is 0. The molecule has 0 nitrogen and oxygen atoms in total. The lowest BCUT2D eigenvalue weighted by atomic mass is 9.66. The van der Waals surface area contributed by atoms with Gasteiger partial charge < -0.3 is 0 Å². The fourth-order valence-electron chi connectivity index (χ4n) is 5.28. The molecule has 2 fully saturated rings. The maximum atomic E-state index is 2.46. The smallest absolute Gasteiger partial charge is 0.0337 e. The highest BCUT2D eigenvalue weighted by atomic mass is 14.4. The van der Waals surface area contributed by atoms with E-state index in [1.807, 2.05) is 0 Å². The zero-order valence-corrected chi connectivity index (χ0v) is 19.4. The number of hydrogen-bond donors (Lipinski definition) is 0. The summed E-state index contributed by atoms with van der Waals surface area (Å²) < 4.78 is 0. The molecule has 0 aromatic rings. The SMILES string of the molecule is CC1CCC(C)C(C)C1.CCC.CCCC1CCCC(C)C1C(C)C. The predicted molar refractivity (Wildman–Crippen MR) is 117 cm³/mol. The summed E-state index contributed by atoms with van der Waals surface area (Å²) in [6.07, 6.45) is 12.9. The van der Waals surface area contributed by atoms with E-state index in [1.54, 1.807) is 0 Å². The molecule has 0 amide bonds. The normalized spacial score (nSPS) is 35.3. The fraction of sp³-hybridized carbons (Fsp3) is 1.00. The largest absolute Gasteiger partial charge is 0.0656 e. The summed E-state index contributed by atoms with van der Waals surface area (Å²) in [5.41, 5.74) is 0. The zero-order valence-electron chi connectivity index (χ0n) is 19.4. The fourth-order valence-corrected chi connectivity index (χ4v) is 5.28. The third-order valence-electron chi connectivity index (χ3n) is 6.73. The van der Waals surface area contributed by atoms with Crippen LogP contribution in [0.25, 0.3) is 0 Å². The van der Waals surface area contributed by atoms with Crippen molar-refractivity contribution in [1.82, 2.24) is 0 Å². The Kier molecular flexibility index (Phi) is 14.1. The van der Waals surface area contributed by atoms with Gasteiger partial charge in [-0.25, -0.2) is 0 Å². The first-order valence-corrected chi connectivity index (χ1v) is 11.8. The first-order chi connectivity index (χ1) is 11.8. The van der Waals surface area contributed by atoms with E-state index in [9.17, 15) is 0 Å². The van der Waals surface area contributed by atoms with Gasteiger partial charge in [0.25, 0.3) is 0 Å². The highest BCUT2D eigenvalue weighted by Crippen LogP contribution is 2.41. The van der Waals surface area contributed by atoms with E-state index in [0.29, 0.717) is 0 Å². The van der Waals surface area contributed by atoms with Crippen molar-refractivity contribution >= 4 is 0 Å². The Morgan fingerprint density at radius 1 is 0.760 bits per heavy atom.